The van der Waals surface area contributed by atoms with Crippen molar-refractivity contribution in [2.24, 2.45) is 11.7 Å². The molecule has 88 valence electrons. The van der Waals surface area contributed by atoms with Gasteiger partial charge in [0.15, 0.2) is 0 Å². The standard InChI is InChI=1S/C14H22N2/c1-11(2)14(9-15)16-8-7-12-5-3-4-6-13(12)10-16/h3-6,11,14H,7-10,15H2,1-2H3/t14-/m0/s1. The van der Waals surface area contributed by atoms with Gasteiger partial charge < -0.3 is 5.73 Å². The smallest absolute Gasteiger partial charge is 0.0245 e. The molecule has 0 aliphatic carbocycles. The van der Waals surface area contributed by atoms with Crippen LogP contribution in [0, 0.1) is 5.92 Å². The van der Waals surface area contributed by atoms with E-state index in [1.807, 2.05) is 0 Å². The van der Waals surface area contributed by atoms with Crippen LogP contribution in [0.25, 0.3) is 0 Å². The minimum absolute atomic E-state index is 0.522. The van der Waals surface area contributed by atoms with E-state index in [2.05, 4.69) is 43.0 Å². The number of rotatable bonds is 3. The molecule has 0 radical (unpaired) electrons. The monoisotopic (exact) mass is 218 g/mol. The molecular formula is C14H22N2. The van der Waals surface area contributed by atoms with E-state index in [0.29, 0.717) is 12.0 Å². The number of nitrogens with zero attached hydrogens (tertiary/aromatic N) is 1. The summed E-state index contributed by atoms with van der Waals surface area (Å²) in [4.78, 5) is 2.53. The molecule has 0 spiro atoms. The second-order valence-electron chi connectivity index (χ2n) is 5.04. The third-order valence-corrected chi connectivity index (χ3v) is 3.64. The van der Waals surface area contributed by atoms with Gasteiger partial charge in [0.05, 0.1) is 0 Å². The third-order valence-electron chi connectivity index (χ3n) is 3.64. The highest BCUT2D eigenvalue weighted by Gasteiger charge is 2.24. The van der Waals surface area contributed by atoms with Crippen LogP contribution in [0.2, 0.25) is 0 Å². The molecule has 2 heteroatoms. The molecule has 1 atom stereocenters. The lowest BCUT2D eigenvalue weighted by atomic mass is 9.95. The first kappa shape index (κ1) is 11.6. The number of nitrogens with two attached hydrogens (primary N) is 1. The Morgan fingerprint density at radius 2 is 1.94 bits per heavy atom. The largest absolute Gasteiger partial charge is 0.329 e. The summed E-state index contributed by atoms with van der Waals surface area (Å²) in [7, 11) is 0. The van der Waals surface area contributed by atoms with Crippen molar-refractivity contribution in [3.63, 3.8) is 0 Å². The molecule has 0 fully saturated rings. The molecule has 2 nitrogen and oxygen atoms in total. The van der Waals surface area contributed by atoms with E-state index in [-0.39, 0.29) is 0 Å². The van der Waals surface area contributed by atoms with Crippen molar-refractivity contribution in [2.75, 3.05) is 13.1 Å². The van der Waals surface area contributed by atoms with Gasteiger partial charge in [0.1, 0.15) is 0 Å². The minimum Gasteiger partial charge on any atom is -0.329 e. The molecule has 0 aromatic heterocycles. The zero-order chi connectivity index (χ0) is 11.5. The van der Waals surface area contributed by atoms with Gasteiger partial charge in [0.2, 0.25) is 0 Å². The zero-order valence-corrected chi connectivity index (χ0v) is 10.3. The van der Waals surface area contributed by atoms with Crippen LogP contribution in [0.5, 0.6) is 0 Å². The van der Waals surface area contributed by atoms with E-state index in [9.17, 15) is 0 Å². The first-order valence-electron chi connectivity index (χ1n) is 6.23. The Morgan fingerprint density at radius 3 is 2.56 bits per heavy atom. The average Bonchev–Trinajstić information content (AvgIpc) is 2.29. The lowest BCUT2D eigenvalue weighted by Crippen LogP contribution is -2.46. The summed E-state index contributed by atoms with van der Waals surface area (Å²) in [6, 6.07) is 9.29. The Labute approximate surface area is 98.4 Å². The first-order chi connectivity index (χ1) is 7.72. The number of hydrogen-bond acceptors (Lipinski definition) is 2. The molecule has 0 unspecified atom stereocenters. The van der Waals surface area contributed by atoms with E-state index in [0.717, 1.165) is 19.6 Å². The van der Waals surface area contributed by atoms with Crippen molar-refractivity contribution in [3.8, 4) is 0 Å². The van der Waals surface area contributed by atoms with Crippen LogP contribution >= 0.6 is 0 Å². The van der Waals surface area contributed by atoms with Crippen molar-refractivity contribution in [1.29, 1.82) is 0 Å². The minimum atomic E-state index is 0.522. The Balaban J connectivity index is 2.12. The van der Waals surface area contributed by atoms with Gasteiger partial charge in [0, 0.05) is 25.7 Å². The van der Waals surface area contributed by atoms with Crippen LogP contribution in [0.15, 0.2) is 24.3 Å². The van der Waals surface area contributed by atoms with Crippen molar-refractivity contribution in [1.82, 2.24) is 4.90 Å². The third kappa shape index (κ3) is 2.28. The molecule has 2 rings (SSSR count). The quantitative estimate of drug-likeness (QED) is 0.841. The molecule has 1 aliphatic heterocycles. The summed E-state index contributed by atoms with van der Waals surface area (Å²) in [6.45, 7) is 7.50. The second-order valence-corrected chi connectivity index (χ2v) is 5.04. The summed E-state index contributed by atoms with van der Waals surface area (Å²) in [5.74, 6) is 0.635. The van der Waals surface area contributed by atoms with Gasteiger partial charge in [-0.05, 0) is 23.5 Å². The maximum Gasteiger partial charge on any atom is 0.0245 e. The zero-order valence-electron chi connectivity index (χ0n) is 10.3. The number of fused-ring (bicyclic) bond motifs is 1. The molecule has 1 aromatic carbocycles. The van der Waals surface area contributed by atoms with Gasteiger partial charge >= 0.3 is 0 Å². The molecule has 0 saturated heterocycles. The topological polar surface area (TPSA) is 29.3 Å². The Hall–Kier alpha value is -0.860. The van der Waals surface area contributed by atoms with E-state index < -0.39 is 0 Å². The predicted octanol–water partition coefficient (Wildman–Crippen LogP) is 2.03. The molecule has 1 aromatic rings. The lowest BCUT2D eigenvalue weighted by molar-refractivity contribution is 0.144. The van der Waals surface area contributed by atoms with E-state index in [4.69, 9.17) is 5.73 Å². The van der Waals surface area contributed by atoms with Crippen LogP contribution in [0.1, 0.15) is 25.0 Å². The van der Waals surface area contributed by atoms with Gasteiger partial charge in [-0.3, -0.25) is 4.90 Å². The van der Waals surface area contributed by atoms with Gasteiger partial charge in [-0.25, -0.2) is 0 Å². The van der Waals surface area contributed by atoms with Crippen molar-refractivity contribution in [2.45, 2.75) is 32.9 Å². The van der Waals surface area contributed by atoms with Gasteiger partial charge in [-0.2, -0.15) is 0 Å². The summed E-state index contributed by atoms with van der Waals surface area (Å²) >= 11 is 0. The summed E-state index contributed by atoms with van der Waals surface area (Å²) in [6.07, 6.45) is 1.17. The maximum atomic E-state index is 5.88. The fourth-order valence-corrected chi connectivity index (χ4v) is 2.64. The SMILES string of the molecule is CC(C)[C@H](CN)N1CCc2ccccc2C1. The highest BCUT2D eigenvalue weighted by Crippen LogP contribution is 2.22. The molecular weight excluding hydrogens is 196 g/mol. The average molecular weight is 218 g/mol. The second kappa shape index (κ2) is 4.98. The molecule has 1 aliphatic rings. The molecule has 1 heterocycles. The molecule has 0 amide bonds. The Kier molecular flexibility index (Phi) is 3.62. The molecule has 2 N–H and O–H groups in total. The predicted molar refractivity (Wildman–Crippen MR) is 68.2 cm³/mol. The first-order valence-corrected chi connectivity index (χ1v) is 6.23. The molecule has 16 heavy (non-hydrogen) atoms. The molecule has 0 bridgehead atoms. The van der Waals surface area contributed by atoms with Crippen molar-refractivity contribution < 1.29 is 0 Å². The van der Waals surface area contributed by atoms with E-state index in [1.165, 1.54) is 17.5 Å². The summed E-state index contributed by atoms with van der Waals surface area (Å²) in [5, 5.41) is 0. The van der Waals surface area contributed by atoms with Crippen LogP contribution in [0.3, 0.4) is 0 Å². The highest BCUT2D eigenvalue weighted by molar-refractivity contribution is 5.29. The van der Waals surface area contributed by atoms with Crippen LogP contribution < -0.4 is 5.73 Å². The van der Waals surface area contributed by atoms with Crippen LogP contribution in [0.4, 0.5) is 0 Å². The van der Waals surface area contributed by atoms with Crippen LogP contribution in [-0.4, -0.2) is 24.0 Å². The van der Waals surface area contributed by atoms with Crippen molar-refractivity contribution in [3.05, 3.63) is 35.4 Å². The number of hydrogen-bond donors (Lipinski definition) is 1. The summed E-state index contributed by atoms with van der Waals surface area (Å²) < 4.78 is 0. The van der Waals surface area contributed by atoms with Gasteiger partial charge in [0.25, 0.3) is 0 Å². The van der Waals surface area contributed by atoms with E-state index >= 15 is 0 Å². The Bertz CT molecular complexity index is 346. The number of benzene rings is 1. The van der Waals surface area contributed by atoms with Crippen molar-refractivity contribution >= 4 is 0 Å². The fraction of sp³-hybridized carbons (Fsp3) is 0.571. The highest BCUT2D eigenvalue weighted by atomic mass is 15.2. The summed E-state index contributed by atoms with van der Waals surface area (Å²) in [5.41, 5.74) is 8.87. The fourth-order valence-electron chi connectivity index (χ4n) is 2.64. The van der Waals surface area contributed by atoms with Gasteiger partial charge in [-0.15, -0.1) is 0 Å². The van der Waals surface area contributed by atoms with Crippen LogP contribution in [-0.2, 0) is 13.0 Å². The Morgan fingerprint density at radius 1 is 1.25 bits per heavy atom. The lowest BCUT2D eigenvalue weighted by Gasteiger charge is -2.37. The van der Waals surface area contributed by atoms with Gasteiger partial charge in [-0.1, -0.05) is 38.1 Å². The van der Waals surface area contributed by atoms with E-state index in [1.54, 1.807) is 0 Å². The molecule has 0 saturated carbocycles. The normalized spacial score (nSPS) is 18.5. The maximum absolute atomic E-state index is 5.88.